The summed E-state index contributed by atoms with van der Waals surface area (Å²) in [5, 5.41) is 0. The first kappa shape index (κ1) is 9.14. The molecule has 0 saturated carbocycles. The van der Waals surface area contributed by atoms with Crippen LogP contribution in [-0.4, -0.2) is 35.5 Å². The molecule has 1 aliphatic rings. The second kappa shape index (κ2) is 4.83. The lowest BCUT2D eigenvalue weighted by molar-refractivity contribution is 0.237. The first-order valence-corrected chi connectivity index (χ1v) is 5.42. The number of thioether (sulfide) groups is 1. The van der Waals surface area contributed by atoms with Gasteiger partial charge in [0.15, 0.2) is 0 Å². The van der Waals surface area contributed by atoms with Crippen molar-refractivity contribution in [2.75, 3.05) is 24.6 Å². The van der Waals surface area contributed by atoms with E-state index in [0.29, 0.717) is 0 Å². The molecule has 64 valence electrons. The summed E-state index contributed by atoms with van der Waals surface area (Å²) in [6.07, 6.45) is 3.14. The lowest BCUT2D eigenvalue weighted by Gasteiger charge is -2.32. The maximum absolute atomic E-state index is 3.74. The fourth-order valence-corrected chi connectivity index (χ4v) is 2.43. The van der Waals surface area contributed by atoms with Crippen LogP contribution < -0.4 is 0 Å². The van der Waals surface area contributed by atoms with Gasteiger partial charge in [-0.15, -0.1) is 6.58 Å². The average molecular weight is 171 g/mol. The summed E-state index contributed by atoms with van der Waals surface area (Å²) in [6, 6.07) is 0.772. The summed E-state index contributed by atoms with van der Waals surface area (Å²) < 4.78 is 0. The smallest absolute Gasteiger partial charge is 0.0158 e. The maximum atomic E-state index is 3.74. The average Bonchev–Trinajstić information content (AvgIpc) is 2.03. The van der Waals surface area contributed by atoms with Crippen molar-refractivity contribution < 1.29 is 0 Å². The summed E-state index contributed by atoms with van der Waals surface area (Å²) in [4.78, 5) is 2.55. The second-order valence-electron chi connectivity index (χ2n) is 3.04. The van der Waals surface area contributed by atoms with Gasteiger partial charge < -0.3 is 0 Å². The largest absolute Gasteiger partial charge is 0.299 e. The molecule has 0 aromatic rings. The van der Waals surface area contributed by atoms with Crippen LogP contribution in [0.5, 0.6) is 0 Å². The van der Waals surface area contributed by atoms with E-state index in [1.807, 2.05) is 6.08 Å². The summed E-state index contributed by atoms with van der Waals surface area (Å²) in [6.45, 7) is 8.52. The Morgan fingerprint density at radius 1 is 1.73 bits per heavy atom. The normalized spacial score (nSPS) is 26.8. The molecule has 1 rings (SSSR count). The first-order valence-electron chi connectivity index (χ1n) is 4.27. The van der Waals surface area contributed by atoms with E-state index in [0.717, 1.165) is 12.5 Å². The van der Waals surface area contributed by atoms with E-state index in [9.17, 15) is 0 Å². The van der Waals surface area contributed by atoms with Gasteiger partial charge in [0, 0.05) is 30.6 Å². The van der Waals surface area contributed by atoms with Gasteiger partial charge in [-0.2, -0.15) is 11.8 Å². The minimum Gasteiger partial charge on any atom is -0.299 e. The van der Waals surface area contributed by atoms with Gasteiger partial charge in [-0.1, -0.05) is 6.08 Å². The van der Waals surface area contributed by atoms with Crippen LogP contribution in [-0.2, 0) is 0 Å². The quantitative estimate of drug-likeness (QED) is 0.598. The van der Waals surface area contributed by atoms with Gasteiger partial charge in [0.2, 0.25) is 0 Å². The van der Waals surface area contributed by atoms with Gasteiger partial charge in [0.25, 0.3) is 0 Å². The lowest BCUT2D eigenvalue weighted by Crippen LogP contribution is -2.40. The third kappa shape index (κ3) is 2.88. The van der Waals surface area contributed by atoms with Crippen molar-refractivity contribution in [2.24, 2.45) is 0 Å². The van der Waals surface area contributed by atoms with Crippen LogP contribution in [0.1, 0.15) is 13.3 Å². The van der Waals surface area contributed by atoms with E-state index in [4.69, 9.17) is 0 Å². The third-order valence-electron chi connectivity index (χ3n) is 2.13. The van der Waals surface area contributed by atoms with E-state index in [1.165, 1.54) is 24.6 Å². The van der Waals surface area contributed by atoms with Gasteiger partial charge in [0.05, 0.1) is 0 Å². The molecule has 2 heteroatoms. The molecule has 1 heterocycles. The number of hydrogen-bond acceptors (Lipinski definition) is 2. The SMILES string of the molecule is C=CCCN1CCSCC1C. The Hall–Kier alpha value is 0.0500. The molecular weight excluding hydrogens is 154 g/mol. The van der Waals surface area contributed by atoms with Gasteiger partial charge in [-0.3, -0.25) is 4.90 Å². The topological polar surface area (TPSA) is 3.24 Å². The van der Waals surface area contributed by atoms with Crippen molar-refractivity contribution in [3.63, 3.8) is 0 Å². The van der Waals surface area contributed by atoms with Gasteiger partial charge in [0.1, 0.15) is 0 Å². The zero-order chi connectivity index (χ0) is 8.10. The van der Waals surface area contributed by atoms with Gasteiger partial charge in [-0.25, -0.2) is 0 Å². The molecule has 0 spiro atoms. The number of rotatable bonds is 3. The fourth-order valence-electron chi connectivity index (χ4n) is 1.35. The van der Waals surface area contributed by atoms with E-state index in [2.05, 4.69) is 30.2 Å². The predicted molar refractivity (Wildman–Crippen MR) is 53.2 cm³/mol. The van der Waals surface area contributed by atoms with Crippen LogP contribution in [0.25, 0.3) is 0 Å². The summed E-state index contributed by atoms with van der Waals surface area (Å²) >= 11 is 2.07. The molecule has 1 fully saturated rings. The second-order valence-corrected chi connectivity index (χ2v) is 4.19. The molecule has 11 heavy (non-hydrogen) atoms. The monoisotopic (exact) mass is 171 g/mol. The van der Waals surface area contributed by atoms with Crippen molar-refractivity contribution >= 4 is 11.8 Å². The molecule has 1 saturated heterocycles. The molecule has 1 aliphatic heterocycles. The summed E-state index contributed by atoms with van der Waals surface area (Å²) in [5.74, 6) is 2.61. The predicted octanol–water partition coefficient (Wildman–Crippen LogP) is 2.00. The molecule has 1 unspecified atom stereocenters. The highest BCUT2D eigenvalue weighted by atomic mass is 32.2. The number of hydrogen-bond donors (Lipinski definition) is 0. The highest BCUT2D eigenvalue weighted by Gasteiger charge is 2.16. The van der Waals surface area contributed by atoms with Crippen LogP contribution in [0.3, 0.4) is 0 Å². The van der Waals surface area contributed by atoms with Gasteiger partial charge in [-0.05, 0) is 13.3 Å². The summed E-state index contributed by atoms with van der Waals surface area (Å²) in [5.41, 5.74) is 0. The van der Waals surface area contributed by atoms with Crippen molar-refractivity contribution in [3.05, 3.63) is 12.7 Å². The Bertz CT molecular complexity index is 125. The molecule has 0 aliphatic carbocycles. The standard InChI is InChI=1S/C9H17NS/c1-3-4-5-10-6-7-11-8-9(10)2/h3,9H,1,4-8H2,2H3. The van der Waals surface area contributed by atoms with Crippen LogP contribution in [0.4, 0.5) is 0 Å². The fraction of sp³-hybridized carbons (Fsp3) is 0.778. The zero-order valence-electron chi connectivity index (χ0n) is 7.25. The van der Waals surface area contributed by atoms with Crippen molar-refractivity contribution in [2.45, 2.75) is 19.4 Å². The Balaban J connectivity index is 2.23. The van der Waals surface area contributed by atoms with E-state index in [1.54, 1.807) is 0 Å². The van der Waals surface area contributed by atoms with Crippen molar-refractivity contribution in [1.82, 2.24) is 4.90 Å². The summed E-state index contributed by atoms with van der Waals surface area (Å²) in [7, 11) is 0. The number of nitrogens with zero attached hydrogens (tertiary/aromatic N) is 1. The van der Waals surface area contributed by atoms with Gasteiger partial charge >= 0.3 is 0 Å². The Morgan fingerprint density at radius 3 is 3.18 bits per heavy atom. The van der Waals surface area contributed by atoms with Crippen molar-refractivity contribution in [1.29, 1.82) is 0 Å². The Morgan fingerprint density at radius 2 is 2.55 bits per heavy atom. The van der Waals surface area contributed by atoms with E-state index >= 15 is 0 Å². The first-order chi connectivity index (χ1) is 5.34. The van der Waals surface area contributed by atoms with E-state index < -0.39 is 0 Å². The molecule has 0 aromatic heterocycles. The van der Waals surface area contributed by atoms with Crippen molar-refractivity contribution in [3.8, 4) is 0 Å². The Kier molecular flexibility index (Phi) is 4.02. The van der Waals surface area contributed by atoms with E-state index in [-0.39, 0.29) is 0 Å². The molecule has 1 nitrogen and oxygen atoms in total. The van der Waals surface area contributed by atoms with Crippen LogP contribution >= 0.6 is 11.8 Å². The maximum Gasteiger partial charge on any atom is 0.0158 e. The molecule has 0 bridgehead atoms. The molecule has 0 aromatic carbocycles. The third-order valence-corrected chi connectivity index (χ3v) is 3.32. The lowest BCUT2D eigenvalue weighted by atomic mass is 10.3. The molecule has 0 amide bonds. The van der Waals surface area contributed by atoms with Crippen LogP contribution in [0.15, 0.2) is 12.7 Å². The Labute approximate surface area is 73.8 Å². The van der Waals surface area contributed by atoms with Crippen LogP contribution in [0.2, 0.25) is 0 Å². The highest BCUT2D eigenvalue weighted by Crippen LogP contribution is 2.15. The minimum atomic E-state index is 0.772. The zero-order valence-corrected chi connectivity index (χ0v) is 8.07. The van der Waals surface area contributed by atoms with Crippen LogP contribution in [0, 0.1) is 0 Å². The molecule has 0 N–H and O–H groups in total. The minimum absolute atomic E-state index is 0.772. The molecular formula is C9H17NS. The molecule has 1 atom stereocenters. The molecule has 0 radical (unpaired) electrons. The highest BCUT2D eigenvalue weighted by molar-refractivity contribution is 7.99.